The van der Waals surface area contributed by atoms with E-state index in [2.05, 4.69) is 10.3 Å². The van der Waals surface area contributed by atoms with E-state index in [4.69, 9.17) is 11.6 Å². The average molecular weight is 271 g/mol. The Morgan fingerprint density at radius 2 is 2.41 bits per heavy atom. The van der Waals surface area contributed by atoms with Gasteiger partial charge in [-0.25, -0.2) is 4.98 Å². The van der Waals surface area contributed by atoms with Gasteiger partial charge in [0.05, 0.1) is 5.56 Å². The van der Waals surface area contributed by atoms with Gasteiger partial charge in [-0.2, -0.15) is 11.8 Å². The van der Waals surface area contributed by atoms with Crippen LogP contribution in [0.2, 0.25) is 5.15 Å². The van der Waals surface area contributed by atoms with Crippen molar-refractivity contribution in [2.45, 2.75) is 24.5 Å². The maximum Gasteiger partial charge on any atom is 0.252 e. The fraction of sp³-hybridized carbons (Fsp3) is 0.500. The molecular weight excluding hydrogens is 256 g/mol. The molecular formula is C12H15ClN2OS. The Hall–Kier alpha value is -0.740. The number of aromatic nitrogens is 1. The smallest absolute Gasteiger partial charge is 0.252 e. The first-order valence-corrected chi connectivity index (χ1v) is 7.20. The van der Waals surface area contributed by atoms with Crippen LogP contribution in [-0.4, -0.2) is 28.4 Å². The van der Waals surface area contributed by atoms with E-state index in [1.807, 2.05) is 11.8 Å². The summed E-state index contributed by atoms with van der Waals surface area (Å²) >= 11 is 7.62. The second kappa shape index (κ2) is 6.26. The molecule has 1 aromatic rings. The first-order valence-electron chi connectivity index (χ1n) is 5.77. The van der Waals surface area contributed by atoms with Crippen LogP contribution >= 0.6 is 23.4 Å². The highest BCUT2D eigenvalue weighted by atomic mass is 35.5. The molecule has 0 radical (unpaired) electrons. The maximum absolute atomic E-state index is 11.8. The van der Waals surface area contributed by atoms with E-state index in [1.165, 1.54) is 31.2 Å². The predicted octanol–water partition coefficient (Wildman–Crippen LogP) is 2.75. The lowest BCUT2D eigenvalue weighted by atomic mass is 10.2. The topological polar surface area (TPSA) is 42.0 Å². The number of pyridine rings is 1. The Bertz CT molecular complexity index is 377. The third-order valence-corrected chi connectivity index (χ3v) is 4.38. The number of hydrogen-bond donors (Lipinski definition) is 1. The number of rotatable bonds is 3. The fourth-order valence-electron chi connectivity index (χ4n) is 1.79. The molecule has 92 valence electrons. The molecule has 1 saturated heterocycles. The van der Waals surface area contributed by atoms with Crippen molar-refractivity contribution in [2.75, 3.05) is 12.3 Å². The second-order valence-electron chi connectivity index (χ2n) is 4.07. The van der Waals surface area contributed by atoms with Crippen molar-refractivity contribution in [2.24, 2.45) is 0 Å². The molecule has 0 spiro atoms. The zero-order chi connectivity index (χ0) is 12.1. The Morgan fingerprint density at radius 1 is 1.53 bits per heavy atom. The summed E-state index contributed by atoms with van der Waals surface area (Å²) in [7, 11) is 0. The lowest BCUT2D eigenvalue weighted by Crippen LogP contribution is -2.31. The van der Waals surface area contributed by atoms with E-state index < -0.39 is 0 Å². The largest absolute Gasteiger partial charge is 0.351 e. The Morgan fingerprint density at radius 3 is 3.06 bits per heavy atom. The Kier molecular flexibility index (Phi) is 4.68. The maximum atomic E-state index is 11.8. The van der Waals surface area contributed by atoms with E-state index in [1.54, 1.807) is 12.1 Å². The molecule has 5 heteroatoms. The molecule has 1 aliphatic heterocycles. The van der Waals surface area contributed by atoms with E-state index in [-0.39, 0.29) is 5.91 Å². The molecule has 0 aliphatic carbocycles. The van der Waals surface area contributed by atoms with Crippen LogP contribution in [0.25, 0.3) is 0 Å². The summed E-state index contributed by atoms with van der Waals surface area (Å²) in [5.41, 5.74) is 0.565. The summed E-state index contributed by atoms with van der Waals surface area (Å²) in [5.74, 6) is 1.14. The summed E-state index contributed by atoms with van der Waals surface area (Å²) < 4.78 is 0. The fourth-order valence-corrected chi connectivity index (χ4v) is 3.14. The van der Waals surface area contributed by atoms with Crippen molar-refractivity contribution in [3.8, 4) is 0 Å². The van der Waals surface area contributed by atoms with Crippen molar-refractivity contribution in [1.29, 1.82) is 0 Å². The normalized spacial score (nSPS) is 19.9. The third kappa shape index (κ3) is 3.89. The van der Waals surface area contributed by atoms with Gasteiger partial charge < -0.3 is 5.32 Å². The van der Waals surface area contributed by atoms with Gasteiger partial charge in [-0.15, -0.1) is 0 Å². The summed E-state index contributed by atoms with van der Waals surface area (Å²) in [6, 6.07) is 3.32. The van der Waals surface area contributed by atoms with Crippen LogP contribution < -0.4 is 5.32 Å². The standard InChI is InChI=1S/C12H15ClN2OS/c13-11-5-4-9(7-14-11)12(16)15-8-10-3-1-2-6-17-10/h4-5,7,10H,1-3,6,8H2,(H,15,16). The van der Waals surface area contributed by atoms with Crippen LogP contribution in [0.3, 0.4) is 0 Å². The van der Waals surface area contributed by atoms with Crippen LogP contribution in [0.5, 0.6) is 0 Å². The van der Waals surface area contributed by atoms with Crippen LogP contribution in [0.4, 0.5) is 0 Å². The molecule has 17 heavy (non-hydrogen) atoms. The van der Waals surface area contributed by atoms with Gasteiger partial charge >= 0.3 is 0 Å². The van der Waals surface area contributed by atoms with Gasteiger partial charge in [-0.1, -0.05) is 18.0 Å². The summed E-state index contributed by atoms with van der Waals surface area (Å²) in [6.45, 7) is 0.742. The number of halogens is 1. The molecule has 1 amide bonds. The van der Waals surface area contributed by atoms with Crippen LogP contribution in [0, 0.1) is 0 Å². The highest BCUT2D eigenvalue weighted by Crippen LogP contribution is 2.24. The molecule has 2 rings (SSSR count). The minimum Gasteiger partial charge on any atom is -0.351 e. The average Bonchev–Trinajstić information content (AvgIpc) is 2.38. The Balaban J connectivity index is 1.82. The van der Waals surface area contributed by atoms with Crippen LogP contribution in [0.15, 0.2) is 18.3 Å². The van der Waals surface area contributed by atoms with E-state index in [0.717, 1.165) is 6.54 Å². The SMILES string of the molecule is O=C(NCC1CCCCS1)c1ccc(Cl)nc1. The summed E-state index contributed by atoms with van der Waals surface area (Å²) in [5, 5.41) is 3.92. The molecule has 1 fully saturated rings. The van der Waals surface area contributed by atoms with Gasteiger partial charge in [0.1, 0.15) is 5.15 Å². The van der Waals surface area contributed by atoms with Crippen molar-refractivity contribution in [3.63, 3.8) is 0 Å². The number of hydrogen-bond acceptors (Lipinski definition) is 3. The van der Waals surface area contributed by atoms with Crippen LogP contribution in [0.1, 0.15) is 29.6 Å². The number of nitrogens with zero attached hydrogens (tertiary/aromatic N) is 1. The molecule has 0 aromatic carbocycles. The molecule has 0 saturated carbocycles. The monoisotopic (exact) mass is 270 g/mol. The number of nitrogens with one attached hydrogen (secondary N) is 1. The predicted molar refractivity (Wildman–Crippen MR) is 71.7 cm³/mol. The number of carbonyl (C=O) groups excluding carboxylic acids is 1. The van der Waals surface area contributed by atoms with Crippen molar-refractivity contribution in [3.05, 3.63) is 29.0 Å². The molecule has 1 aliphatic rings. The van der Waals surface area contributed by atoms with Gasteiger partial charge in [-0.05, 0) is 30.7 Å². The van der Waals surface area contributed by atoms with Crippen molar-refractivity contribution >= 4 is 29.3 Å². The minimum atomic E-state index is -0.0691. The van der Waals surface area contributed by atoms with Gasteiger partial charge in [0.25, 0.3) is 5.91 Å². The summed E-state index contributed by atoms with van der Waals surface area (Å²) in [6.07, 6.45) is 5.28. The van der Waals surface area contributed by atoms with Gasteiger partial charge in [0, 0.05) is 18.0 Å². The molecule has 3 nitrogen and oxygen atoms in total. The van der Waals surface area contributed by atoms with Crippen LogP contribution in [-0.2, 0) is 0 Å². The molecule has 1 N–H and O–H groups in total. The number of amides is 1. The molecule has 2 heterocycles. The van der Waals surface area contributed by atoms with E-state index >= 15 is 0 Å². The first kappa shape index (κ1) is 12.7. The van der Waals surface area contributed by atoms with Crippen molar-refractivity contribution in [1.82, 2.24) is 10.3 Å². The van der Waals surface area contributed by atoms with Gasteiger partial charge in [0.15, 0.2) is 0 Å². The lowest BCUT2D eigenvalue weighted by Gasteiger charge is -2.21. The molecule has 1 atom stereocenters. The van der Waals surface area contributed by atoms with E-state index in [0.29, 0.717) is 16.0 Å². The van der Waals surface area contributed by atoms with Crippen molar-refractivity contribution < 1.29 is 4.79 Å². The second-order valence-corrected chi connectivity index (χ2v) is 5.86. The lowest BCUT2D eigenvalue weighted by molar-refractivity contribution is 0.0953. The molecule has 1 aromatic heterocycles. The molecule has 0 bridgehead atoms. The number of carbonyl (C=O) groups is 1. The first-order chi connectivity index (χ1) is 8.25. The zero-order valence-electron chi connectivity index (χ0n) is 9.49. The molecule has 1 unspecified atom stereocenters. The highest BCUT2D eigenvalue weighted by molar-refractivity contribution is 7.99. The summed E-state index contributed by atoms with van der Waals surface area (Å²) in [4.78, 5) is 15.7. The van der Waals surface area contributed by atoms with E-state index in [9.17, 15) is 4.79 Å². The number of thioether (sulfide) groups is 1. The third-order valence-electron chi connectivity index (χ3n) is 2.75. The highest BCUT2D eigenvalue weighted by Gasteiger charge is 2.15. The van der Waals surface area contributed by atoms with Gasteiger partial charge in [-0.3, -0.25) is 4.79 Å². The Labute approximate surface area is 110 Å². The quantitative estimate of drug-likeness (QED) is 0.859. The van der Waals surface area contributed by atoms with Gasteiger partial charge in [0.2, 0.25) is 0 Å². The minimum absolute atomic E-state index is 0.0691. The zero-order valence-corrected chi connectivity index (χ0v) is 11.1.